The van der Waals surface area contributed by atoms with Gasteiger partial charge in [-0.1, -0.05) is 13.8 Å². The van der Waals surface area contributed by atoms with Crippen LogP contribution in [0.5, 0.6) is 0 Å². The van der Waals surface area contributed by atoms with Gasteiger partial charge in [0, 0.05) is 13.1 Å². The summed E-state index contributed by atoms with van der Waals surface area (Å²) in [6.07, 6.45) is 2.08. The van der Waals surface area contributed by atoms with Crippen LogP contribution in [0.25, 0.3) is 0 Å². The van der Waals surface area contributed by atoms with Crippen molar-refractivity contribution in [1.82, 2.24) is 9.03 Å². The van der Waals surface area contributed by atoms with Crippen molar-refractivity contribution in [1.29, 1.82) is 0 Å². The van der Waals surface area contributed by atoms with Gasteiger partial charge in [0.25, 0.3) is 10.2 Å². The second-order valence-corrected chi connectivity index (χ2v) is 6.23. The summed E-state index contributed by atoms with van der Waals surface area (Å²) in [4.78, 5) is 10.8. The first-order valence-corrected chi connectivity index (χ1v) is 7.31. The fourth-order valence-corrected chi connectivity index (χ4v) is 3.52. The van der Waals surface area contributed by atoms with E-state index in [-0.39, 0.29) is 6.42 Å². The number of piperidine rings is 1. The molecule has 2 N–H and O–H groups in total. The van der Waals surface area contributed by atoms with E-state index in [1.807, 2.05) is 6.92 Å². The Kier molecular flexibility index (Phi) is 4.91. The SMILES string of the molecule is CCC(NS(=O)(=O)N1CCCC(C)C1)C(=O)O. The fourth-order valence-electron chi connectivity index (χ4n) is 1.93. The van der Waals surface area contributed by atoms with E-state index in [2.05, 4.69) is 4.72 Å². The summed E-state index contributed by atoms with van der Waals surface area (Å²) in [5.41, 5.74) is 0. The Morgan fingerprint density at radius 3 is 2.71 bits per heavy atom. The Morgan fingerprint density at radius 2 is 2.24 bits per heavy atom. The van der Waals surface area contributed by atoms with Crippen molar-refractivity contribution in [3.63, 3.8) is 0 Å². The van der Waals surface area contributed by atoms with Gasteiger partial charge in [-0.15, -0.1) is 0 Å². The summed E-state index contributed by atoms with van der Waals surface area (Å²) in [6.45, 7) is 4.57. The monoisotopic (exact) mass is 264 g/mol. The number of carbonyl (C=O) groups is 1. The van der Waals surface area contributed by atoms with Gasteiger partial charge in [-0.05, 0) is 25.2 Å². The van der Waals surface area contributed by atoms with Crippen molar-refractivity contribution in [2.24, 2.45) is 5.92 Å². The lowest BCUT2D eigenvalue weighted by Gasteiger charge is -2.30. The molecule has 1 fully saturated rings. The third-order valence-electron chi connectivity index (χ3n) is 2.96. The Hall–Kier alpha value is -0.660. The average Bonchev–Trinajstić information content (AvgIpc) is 2.25. The van der Waals surface area contributed by atoms with Crippen molar-refractivity contribution in [3.05, 3.63) is 0 Å². The van der Waals surface area contributed by atoms with Crippen LogP contribution in [-0.2, 0) is 15.0 Å². The molecule has 1 aliphatic heterocycles. The van der Waals surface area contributed by atoms with Gasteiger partial charge in [0.1, 0.15) is 6.04 Å². The molecule has 2 unspecified atom stereocenters. The number of rotatable bonds is 5. The van der Waals surface area contributed by atoms with Gasteiger partial charge in [-0.25, -0.2) is 0 Å². The molecule has 0 bridgehead atoms. The molecule has 0 aromatic rings. The molecule has 0 aliphatic carbocycles. The van der Waals surface area contributed by atoms with E-state index in [9.17, 15) is 13.2 Å². The van der Waals surface area contributed by atoms with Crippen molar-refractivity contribution in [2.45, 2.75) is 39.2 Å². The molecule has 7 heteroatoms. The van der Waals surface area contributed by atoms with Crippen LogP contribution < -0.4 is 4.72 Å². The highest BCUT2D eigenvalue weighted by molar-refractivity contribution is 7.87. The molecule has 0 amide bonds. The molecule has 0 saturated carbocycles. The average molecular weight is 264 g/mol. The minimum absolute atomic E-state index is 0.234. The maximum atomic E-state index is 12.0. The molecule has 6 nitrogen and oxygen atoms in total. The molecule has 100 valence electrons. The number of carboxylic acid groups (broad SMARTS) is 1. The van der Waals surface area contributed by atoms with Gasteiger partial charge in [0.15, 0.2) is 0 Å². The molecule has 1 saturated heterocycles. The predicted molar refractivity (Wildman–Crippen MR) is 63.7 cm³/mol. The second-order valence-electron chi connectivity index (χ2n) is 4.53. The van der Waals surface area contributed by atoms with E-state index >= 15 is 0 Å². The molecular weight excluding hydrogens is 244 g/mol. The summed E-state index contributed by atoms with van der Waals surface area (Å²) in [7, 11) is -3.67. The third-order valence-corrected chi connectivity index (χ3v) is 4.55. The van der Waals surface area contributed by atoms with Crippen LogP contribution in [0.15, 0.2) is 0 Å². The molecule has 17 heavy (non-hydrogen) atoms. The second kappa shape index (κ2) is 5.79. The van der Waals surface area contributed by atoms with Crippen molar-refractivity contribution in [3.8, 4) is 0 Å². The van der Waals surface area contributed by atoms with Gasteiger partial charge in [-0.2, -0.15) is 17.4 Å². The van der Waals surface area contributed by atoms with Crippen LogP contribution in [0, 0.1) is 5.92 Å². The zero-order valence-electron chi connectivity index (χ0n) is 10.2. The molecule has 0 radical (unpaired) electrons. The van der Waals surface area contributed by atoms with E-state index in [1.165, 1.54) is 4.31 Å². The van der Waals surface area contributed by atoms with Crippen LogP contribution in [-0.4, -0.2) is 42.9 Å². The van der Waals surface area contributed by atoms with Gasteiger partial charge < -0.3 is 5.11 Å². The minimum atomic E-state index is -3.67. The summed E-state index contributed by atoms with van der Waals surface area (Å²) >= 11 is 0. The Bertz CT molecular complexity index is 369. The number of hydrogen-bond donors (Lipinski definition) is 2. The van der Waals surface area contributed by atoms with E-state index in [4.69, 9.17) is 5.11 Å². The molecular formula is C10H20N2O4S. The maximum Gasteiger partial charge on any atom is 0.321 e. The number of carboxylic acids is 1. The largest absolute Gasteiger partial charge is 0.480 e. The number of nitrogens with zero attached hydrogens (tertiary/aromatic N) is 1. The topological polar surface area (TPSA) is 86.7 Å². The number of hydrogen-bond acceptors (Lipinski definition) is 3. The van der Waals surface area contributed by atoms with Crippen molar-refractivity contribution >= 4 is 16.2 Å². The van der Waals surface area contributed by atoms with E-state index in [0.717, 1.165) is 12.8 Å². The smallest absolute Gasteiger partial charge is 0.321 e. The lowest BCUT2D eigenvalue weighted by molar-refractivity contribution is -0.139. The molecule has 2 atom stereocenters. The quantitative estimate of drug-likeness (QED) is 0.753. The van der Waals surface area contributed by atoms with Gasteiger partial charge in [0.2, 0.25) is 0 Å². The number of nitrogens with one attached hydrogen (secondary N) is 1. The first-order valence-electron chi connectivity index (χ1n) is 5.87. The van der Waals surface area contributed by atoms with E-state index in [1.54, 1.807) is 6.92 Å². The van der Waals surface area contributed by atoms with E-state index in [0.29, 0.717) is 19.0 Å². The number of aliphatic carboxylic acids is 1. The Labute approximate surface area is 102 Å². The molecule has 0 spiro atoms. The van der Waals surface area contributed by atoms with Crippen LogP contribution in [0.1, 0.15) is 33.1 Å². The van der Waals surface area contributed by atoms with Crippen molar-refractivity contribution in [2.75, 3.05) is 13.1 Å². The predicted octanol–water partition coefficient (Wildman–Crippen LogP) is 0.416. The normalized spacial score (nSPS) is 24.5. The van der Waals surface area contributed by atoms with Gasteiger partial charge in [0.05, 0.1) is 0 Å². The zero-order valence-corrected chi connectivity index (χ0v) is 11.0. The summed E-state index contributed by atoms with van der Waals surface area (Å²) in [5.74, 6) is -0.814. The third kappa shape index (κ3) is 3.93. The maximum absolute atomic E-state index is 12.0. The Balaban J connectivity index is 2.70. The van der Waals surface area contributed by atoms with Gasteiger partial charge in [-0.3, -0.25) is 4.79 Å². The standard InChI is InChI=1S/C10H20N2O4S/c1-3-9(10(13)14)11-17(15,16)12-6-4-5-8(2)7-12/h8-9,11H,3-7H2,1-2H3,(H,13,14). The lowest BCUT2D eigenvalue weighted by atomic mass is 10.0. The highest BCUT2D eigenvalue weighted by Crippen LogP contribution is 2.18. The first kappa shape index (κ1) is 14.4. The molecule has 0 aromatic carbocycles. The Morgan fingerprint density at radius 1 is 1.59 bits per heavy atom. The summed E-state index contributed by atoms with van der Waals surface area (Å²) in [5, 5.41) is 8.84. The first-order chi connectivity index (χ1) is 7.86. The van der Waals surface area contributed by atoms with Crippen LogP contribution in [0.2, 0.25) is 0 Å². The van der Waals surface area contributed by atoms with Crippen LogP contribution in [0.4, 0.5) is 0 Å². The van der Waals surface area contributed by atoms with Crippen LogP contribution >= 0.6 is 0 Å². The fraction of sp³-hybridized carbons (Fsp3) is 0.900. The minimum Gasteiger partial charge on any atom is -0.480 e. The molecule has 1 aliphatic rings. The zero-order chi connectivity index (χ0) is 13.1. The highest BCUT2D eigenvalue weighted by Gasteiger charge is 2.30. The van der Waals surface area contributed by atoms with E-state index < -0.39 is 22.2 Å². The highest BCUT2D eigenvalue weighted by atomic mass is 32.2. The molecule has 1 heterocycles. The summed E-state index contributed by atoms with van der Waals surface area (Å²) < 4.78 is 27.5. The van der Waals surface area contributed by atoms with Crippen molar-refractivity contribution < 1.29 is 18.3 Å². The lowest BCUT2D eigenvalue weighted by Crippen LogP contribution is -2.50. The molecule has 1 rings (SSSR count). The van der Waals surface area contributed by atoms with Crippen LogP contribution in [0.3, 0.4) is 0 Å². The summed E-state index contributed by atoms with van der Waals surface area (Å²) in [6, 6.07) is -1.04. The molecule has 0 aromatic heterocycles. The van der Waals surface area contributed by atoms with Gasteiger partial charge >= 0.3 is 5.97 Å².